The van der Waals surface area contributed by atoms with E-state index in [1.165, 1.54) is 0 Å². The molecule has 0 aliphatic heterocycles. The van der Waals surface area contributed by atoms with E-state index in [-0.39, 0.29) is 12.6 Å². The highest BCUT2D eigenvalue weighted by Gasteiger charge is 2.41. The molecule has 0 heterocycles. The average Bonchev–Trinajstić information content (AvgIpc) is 2.86. The van der Waals surface area contributed by atoms with Crippen molar-refractivity contribution in [2.45, 2.75) is 39.0 Å². The smallest absolute Gasteiger partial charge is 0.317 e. The van der Waals surface area contributed by atoms with E-state index in [1.54, 1.807) is 11.0 Å². The molecule has 1 fully saturated rings. The summed E-state index contributed by atoms with van der Waals surface area (Å²) in [5.74, 6) is -0.795. The fraction of sp³-hybridized carbons (Fsp3) is 0.714. The first-order valence-electron chi connectivity index (χ1n) is 6.93. The van der Waals surface area contributed by atoms with E-state index in [9.17, 15) is 14.7 Å². The van der Waals surface area contributed by atoms with Gasteiger partial charge in [-0.15, -0.1) is 6.58 Å². The van der Waals surface area contributed by atoms with E-state index >= 15 is 0 Å². The number of aliphatic carboxylic acids is 1. The molecule has 0 spiro atoms. The molecule has 0 bridgehead atoms. The Morgan fingerprint density at radius 1 is 1.42 bits per heavy atom. The highest BCUT2D eigenvalue weighted by atomic mass is 16.4. The van der Waals surface area contributed by atoms with Crippen LogP contribution in [-0.4, -0.2) is 41.6 Å². The third-order valence-corrected chi connectivity index (χ3v) is 3.72. The summed E-state index contributed by atoms with van der Waals surface area (Å²) in [6.45, 7) is 6.99. The van der Waals surface area contributed by atoms with Gasteiger partial charge in [-0.05, 0) is 19.3 Å². The van der Waals surface area contributed by atoms with Crippen molar-refractivity contribution in [2.75, 3.05) is 19.6 Å². The van der Waals surface area contributed by atoms with E-state index in [4.69, 9.17) is 0 Å². The van der Waals surface area contributed by atoms with Gasteiger partial charge < -0.3 is 15.3 Å². The Labute approximate surface area is 114 Å². The summed E-state index contributed by atoms with van der Waals surface area (Å²) in [7, 11) is 0. The number of nitrogens with one attached hydrogen (secondary N) is 1. The second kappa shape index (κ2) is 7.16. The van der Waals surface area contributed by atoms with E-state index in [0.717, 1.165) is 19.3 Å². The summed E-state index contributed by atoms with van der Waals surface area (Å²) in [5.41, 5.74) is -0.762. The van der Waals surface area contributed by atoms with Crippen molar-refractivity contribution in [1.29, 1.82) is 0 Å². The first-order valence-corrected chi connectivity index (χ1v) is 6.93. The molecule has 0 radical (unpaired) electrons. The van der Waals surface area contributed by atoms with Crippen LogP contribution in [0.5, 0.6) is 0 Å². The Balaban J connectivity index is 2.55. The SMILES string of the molecule is C=CCN(CCC)C(=O)NCC1(C(=O)O)CCCC1. The molecule has 1 aliphatic rings. The number of carboxylic acids is 1. The largest absolute Gasteiger partial charge is 0.481 e. The van der Waals surface area contributed by atoms with Crippen LogP contribution in [0.1, 0.15) is 39.0 Å². The maximum atomic E-state index is 12.0. The van der Waals surface area contributed by atoms with Crippen molar-refractivity contribution < 1.29 is 14.7 Å². The van der Waals surface area contributed by atoms with Crippen LogP contribution in [0.2, 0.25) is 0 Å². The van der Waals surface area contributed by atoms with Gasteiger partial charge in [0.2, 0.25) is 0 Å². The van der Waals surface area contributed by atoms with Gasteiger partial charge in [-0.3, -0.25) is 4.79 Å². The van der Waals surface area contributed by atoms with Crippen LogP contribution in [0.3, 0.4) is 0 Å². The van der Waals surface area contributed by atoms with Gasteiger partial charge in [0.1, 0.15) is 0 Å². The third-order valence-electron chi connectivity index (χ3n) is 3.72. The van der Waals surface area contributed by atoms with Crippen molar-refractivity contribution >= 4 is 12.0 Å². The Morgan fingerprint density at radius 2 is 2.05 bits per heavy atom. The molecule has 0 aromatic rings. The second-order valence-electron chi connectivity index (χ2n) is 5.19. The van der Waals surface area contributed by atoms with Crippen molar-refractivity contribution in [3.8, 4) is 0 Å². The van der Waals surface area contributed by atoms with Crippen molar-refractivity contribution in [3.63, 3.8) is 0 Å². The topological polar surface area (TPSA) is 69.6 Å². The van der Waals surface area contributed by atoms with Gasteiger partial charge in [-0.2, -0.15) is 0 Å². The monoisotopic (exact) mass is 268 g/mol. The zero-order valence-electron chi connectivity index (χ0n) is 11.7. The molecular weight excluding hydrogens is 244 g/mol. The first-order chi connectivity index (χ1) is 9.05. The molecule has 0 atom stereocenters. The van der Waals surface area contributed by atoms with Gasteiger partial charge in [-0.1, -0.05) is 25.8 Å². The maximum absolute atomic E-state index is 12.0. The molecule has 0 unspecified atom stereocenters. The predicted molar refractivity (Wildman–Crippen MR) is 74.0 cm³/mol. The highest BCUT2D eigenvalue weighted by molar-refractivity contribution is 5.78. The van der Waals surface area contributed by atoms with Crippen molar-refractivity contribution in [3.05, 3.63) is 12.7 Å². The zero-order chi connectivity index (χ0) is 14.3. The van der Waals surface area contributed by atoms with Gasteiger partial charge in [0.15, 0.2) is 0 Å². The summed E-state index contributed by atoms with van der Waals surface area (Å²) < 4.78 is 0. The Bertz CT molecular complexity index is 336. The molecule has 1 aliphatic carbocycles. The summed E-state index contributed by atoms with van der Waals surface area (Å²) in [4.78, 5) is 25.0. The molecule has 1 saturated carbocycles. The lowest BCUT2D eigenvalue weighted by atomic mass is 9.86. The summed E-state index contributed by atoms with van der Waals surface area (Å²) >= 11 is 0. The lowest BCUT2D eigenvalue weighted by molar-refractivity contribution is -0.148. The minimum Gasteiger partial charge on any atom is -0.481 e. The number of rotatable bonds is 7. The standard InChI is InChI=1S/C14H24N2O3/c1-3-9-16(10-4-2)13(19)15-11-14(12(17)18)7-5-6-8-14/h3H,1,4-11H2,2H3,(H,15,19)(H,17,18). The van der Waals surface area contributed by atoms with E-state index in [2.05, 4.69) is 11.9 Å². The van der Waals surface area contributed by atoms with Crippen LogP contribution >= 0.6 is 0 Å². The van der Waals surface area contributed by atoms with Gasteiger partial charge in [0.25, 0.3) is 0 Å². The van der Waals surface area contributed by atoms with Gasteiger partial charge in [0.05, 0.1) is 5.41 Å². The number of carbonyl (C=O) groups is 2. The third kappa shape index (κ3) is 3.98. The molecule has 0 saturated heterocycles. The van der Waals surface area contributed by atoms with Crippen LogP contribution in [0.4, 0.5) is 4.79 Å². The van der Waals surface area contributed by atoms with Gasteiger partial charge in [-0.25, -0.2) is 4.79 Å². The minimum absolute atomic E-state index is 0.200. The number of carboxylic acid groups (broad SMARTS) is 1. The van der Waals surface area contributed by atoms with Crippen LogP contribution in [-0.2, 0) is 4.79 Å². The Kier molecular flexibility index (Phi) is 5.86. The molecule has 19 heavy (non-hydrogen) atoms. The normalized spacial score (nSPS) is 16.9. The van der Waals surface area contributed by atoms with Crippen LogP contribution in [0, 0.1) is 5.41 Å². The van der Waals surface area contributed by atoms with Crippen molar-refractivity contribution in [2.24, 2.45) is 5.41 Å². The maximum Gasteiger partial charge on any atom is 0.317 e. The summed E-state index contributed by atoms with van der Waals surface area (Å²) in [6.07, 6.45) is 5.69. The molecule has 0 aromatic carbocycles. The number of hydrogen-bond donors (Lipinski definition) is 2. The molecule has 0 aromatic heterocycles. The first kappa shape index (κ1) is 15.5. The molecule has 2 N–H and O–H groups in total. The number of urea groups is 1. The molecule has 5 heteroatoms. The number of amides is 2. The molecule has 108 valence electrons. The van der Waals surface area contributed by atoms with Gasteiger partial charge >= 0.3 is 12.0 Å². The minimum atomic E-state index is -0.795. The lowest BCUT2D eigenvalue weighted by Crippen LogP contribution is -2.47. The molecule has 1 rings (SSSR count). The lowest BCUT2D eigenvalue weighted by Gasteiger charge is -2.27. The predicted octanol–water partition coefficient (Wildman–Crippen LogP) is 2.24. The molecule has 5 nitrogen and oxygen atoms in total. The summed E-state index contributed by atoms with van der Waals surface area (Å²) in [6, 6.07) is -0.200. The molecular formula is C14H24N2O3. The zero-order valence-corrected chi connectivity index (χ0v) is 11.7. The average molecular weight is 268 g/mol. The Morgan fingerprint density at radius 3 is 2.53 bits per heavy atom. The van der Waals surface area contributed by atoms with Crippen LogP contribution in [0.25, 0.3) is 0 Å². The van der Waals surface area contributed by atoms with Crippen LogP contribution in [0.15, 0.2) is 12.7 Å². The number of nitrogens with zero attached hydrogens (tertiary/aromatic N) is 1. The van der Waals surface area contributed by atoms with E-state index < -0.39 is 11.4 Å². The van der Waals surface area contributed by atoms with Gasteiger partial charge in [0, 0.05) is 19.6 Å². The van der Waals surface area contributed by atoms with E-state index in [0.29, 0.717) is 25.9 Å². The second-order valence-corrected chi connectivity index (χ2v) is 5.19. The van der Waals surface area contributed by atoms with Crippen LogP contribution < -0.4 is 5.32 Å². The van der Waals surface area contributed by atoms with Crippen molar-refractivity contribution in [1.82, 2.24) is 10.2 Å². The fourth-order valence-electron chi connectivity index (χ4n) is 2.58. The summed E-state index contributed by atoms with van der Waals surface area (Å²) in [5, 5.41) is 12.1. The Hall–Kier alpha value is -1.52. The fourth-order valence-corrected chi connectivity index (χ4v) is 2.58. The molecule has 2 amide bonds. The number of hydrogen-bond acceptors (Lipinski definition) is 2. The quantitative estimate of drug-likeness (QED) is 0.696. The number of carbonyl (C=O) groups excluding carboxylic acids is 1. The highest BCUT2D eigenvalue weighted by Crippen LogP contribution is 2.37. The van der Waals surface area contributed by atoms with E-state index in [1.807, 2.05) is 6.92 Å².